The molecule has 144 valence electrons. The number of fused-ring (bicyclic) bond motifs is 1. The zero-order valence-electron chi connectivity index (χ0n) is 15.7. The van der Waals surface area contributed by atoms with Crippen LogP contribution in [0.3, 0.4) is 0 Å². The number of nitrogens with zero attached hydrogens (tertiary/aromatic N) is 2. The number of rotatable bonds is 5. The summed E-state index contributed by atoms with van der Waals surface area (Å²) in [7, 11) is 1.58. The number of methoxy groups -OCH3 is 1. The molecule has 0 aliphatic carbocycles. The Kier molecular flexibility index (Phi) is 5.62. The van der Waals surface area contributed by atoms with Crippen LogP contribution in [0.1, 0.15) is 16.1 Å². The van der Waals surface area contributed by atoms with Gasteiger partial charge in [0.15, 0.2) is 0 Å². The number of nitrogens with one attached hydrogen (secondary N) is 1. The quantitative estimate of drug-likeness (QED) is 0.241. The highest BCUT2D eigenvalue weighted by molar-refractivity contribution is 14.1. The summed E-state index contributed by atoms with van der Waals surface area (Å²) in [5.41, 5.74) is 4.96. The maximum Gasteiger partial charge on any atom is 0.271 e. The number of hydrazone groups is 1. The molecule has 6 heteroatoms. The Morgan fingerprint density at radius 2 is 1.86 bits per heavy atom. The molecule has 4 rings (SSSR count). The molecule has 29 heavy (non-hydrogen) atoms. The van der Waals surface area contributed by atoms with Crippen molar-refractivity contribution in [3.05, 3.63) is 93.8 Å². The maximum absolute atomic E-state index is 12.4. The average molecular weight is 495 g/mol. The van der Waals surface area contributed by atoms with E-state index in [1.54, 1.807) is 25.5 Å². The second-order valence-electron chi connectivity index (χ2n) is 6.38. The van der Waals surface area contributed by atoms with Gasteiger partial charge in [-0.05, 0) is 75.8 Å². The summed E-state index contributed by atoms with van der Waals surface area (Å²) in [4.78, 5) is 12.4. The fourth-order valence-electron chi connectivity index (χ4n) is 3.08. The molecule has 4 aromatic rings. The summed E-state index contributed by atoms with van der Waals surface area (Å²) in [6, 6.07) is 23.7. The Morgan fingerprint density at radius 3 is 2.69 bits per heavy atom. The fourth-order valence-corrected chi connectivity index (χ4v) is 3.64. The Hall–Kier alpha value is -3.13. The van der Waals surface area contributed by atoms with Crippen molar-refractivity contribution in [2.75, 3.05) is 7.11 Å². The smallest absolute Gasteiger partial charge is 0.271 e. The van der Waals surface area contributed by atoms with Crippen molar-refractivity contribution in [1.82, 2.24) is 9.99 Å². The van der Waals surface area contributed by atoms with Crippen LogP contribution in [0.2, 0.25) is 0 Å². The summed E-state index contributed by atoms with van der Waals surface area (Å²) in [6.07, 6.45) is 3.61. The van der Waals surface area contributed by atoms with Crippen LogP contribution in [-0.4, -0.2) is 23.8 Å². The van der Waals surface area contributed by atoms with Gasteiger partial charge in [-0.2, -0.15) is 5.10 Å². The first-order chi connectivity index (χ1) is 14.2. The predicted octanol–water partition coefficient (Wildman–Crippen LogP) is 5.01. The molecule has 0 unspecified atom stereocenters. The van der Waals surface area contributed by atoms with Gasteiger partial charge >= 0.3 is 0 Å². The molecule has 0 aliphatic heterocycles. The van der Waals surface area contributed by atoms with Crippen molar-refractivity contribution in [3.8, 4) is 11.4 Å². The number of carbonyl (C=O) groups is 1. The van der Waals surface area contributed by atoms with E-state index in [1.165, 1.54) is 10.8 Å². The van der Waals surface area contributed by atoms with Crippen molar-refractivity contribution < 1.29 is 9.53 Å². The van der Waals surface area contributed by atoms with Crippen molar-refractivity contribution in [2.24, 2.45) is 5.10 Å². The predicted molar refractivity (Wildman–Crippen MR) is 124 cm³/mol. The standard InChI is InChI=1S/C23H18IN3O2/c1-29-22-14-18(9-11-21(22)24)23(28)26-25-15-20-7-4-12-27(20)19-10-8-16-5-2-3-6-17(16)13-19/h2-15H,1H3,(H,26,28)/b25-15-. The highest BCUT2D eigenvalue weighted by Crippen LogP contribution is 2.22. The first-order valence-electron chi connectivity index (χ1n) is 8.99. The number of hydrogen-bond acceptors (Lipinski definition) is 3. The second-order valence-corrected chi connectivity index (χ2v) is 7.55. The molecule has 0 bridgehead atoms. The average Bonchev–Trinajstić information content (AvgIpc) is 3.22. The van der Waals surface area contributed by atoms with Gasteiger partial charge in [-0.15, -0.1) is 0 Å². The van der Waals surface area contributed by atoms with Gasteiger partial charge in [0.2, 0.25) is 0 Å². The van der Waals surface area contributed by atoms with Crippen molar-refractivity contribution in [1.29, 1.82) is 0 Å². The van der Waals surface area contributed by atoms with E-state index in [9.17, 15) is 4.79 Å². The van der Waals surface area contributed by atoms with Crippen LogP contribution in [0.15, 0.2) is 84.1 Å². The lowest BCUT2D eigenvalue weighted by atomic mass is 10.1. The summed E-state index contributed by atoms with van der Waals surface area (Å²) < 4.78 is 8.23. The second kappa shape index (κ2) is 8.48. The summed E-state index contributed by atoms with van der Waals surface area (Å²) in [6.45, 7) is 0. The van der Waals surface area contributed by atoms with Gasteiger partial charge in [0, 0.05) is 17.4 Å². The number of amides is 1. The molecule has 3 aromatic carbocycles. The SMILES string of the molecule is COc1cc(C(=O)N/N=C\c2cccn2-c2ccc3ccccc3c2)ccc1I. The molecular weight excluding hydrogens is 477 g/mol. The van der Waals surface area contributed by atoms with Gasteiger partial charge in [0.25, 0.3) is 5.91 Å². The number of hydrogen-bond donors (Lipinski definition) is 1. The third-order valence-electron chi connectivity index (χ3n) is 4.57. The molecule has 5 nitrogen and oxygen atoms in total. The van der Waals surface area contributed by atoms with E-state index >= 15 is 0 Å². The first-order valence-corrected chi connectivity index (χ1v) is 10.1. The van der Waals surface area contributed by atoms with Gasteiger partial charge in [-0.3, -0.25) is 4.79 Å². The lowest BCUT2D eigenvalue weighted by Gasteiger charge is -2.08. The largest absolute Gasteiger partial charge is 0.496 e. The summed E-state index contributed by atoms with van der Waals surface area (Å²) >= 11 is 2.16. The molecule has 1 aromatic heterocycles. The molecule has 1 heterocycles. The van der Waals surface area contributed by atoms with E-state index in [1.807, 2.05) is 41.1 Å². The van der Waals surface area contributed by atoms with Crippen LogP contribution in [0.25, 0.3) is 16.5 Å². The summed E-state index contributed by atoms with van der Waals surface area (Å²) in [5.74, 6) is 0.368. The van der Waals surface area contributed by atoms with E-state index in [0.717, 1.165) is 15.0 Å². The van der Waals surface area contributed by atoms with Crippen molar-refractivity contribution in [3.63, 3.8) is 0 Å². The van der Waals surface area contributed by atoms with Crippen LogP contribution in [0.5, 0.6) is 5.75 Å². The van der Waals surface area contributed by atoms with E-state index in [2.05, 4.69) is 63.4 Å². The minimum absolute atomic E-state index is 0.292. The third-order valence-corrected chi connectivity index (χ3v) is 5.46. The molecule has 0 fully saturated rings. The van der Waals surface area contributed by atoms with Gasteiger partial charge in [0.05, 0.1) is 22.6 Å². The number of halogens is 1. The van der Waals surface area contributed by atoms with Crippen LogP contribution in [0, 0.1) is 3.57 Å². The molecule has 0 radical (unpaired) electrons. The minimum atomic E-state index is -0.292. The van der Waals surface area contributed by atoms with Crippen LogP contribution >= 0.6 is 22.6 Å². The van der Waals surface area contributed by atoms with Crippen LogP contribution < -0.4 is 10.2 Å². The molecule has 0 saturated carbocycles. The molecule has 0 spiro atoms. The lowest BCUT2D eigenvalue weighted by Crippen LogP contribution is -2.18. The Balaban J connectivity index is 1.52. The fraction of sp³-hybridized carbons (Fsp3) is 0.0435. The van der Waals surface area contributed by atoms with E-state index in [4.69, 9.17) is 4.74 Å². The van der Waals surface area contributed by atoms with E-state index in [-0.39, 0.29) is 5.91 Å². The monoisotopic (exact) mass is 495 g/mol. The number of benzene rings is 3. The number of carbonyl (C=O) groups excluding carboxylic acids is 1. The highest BCUT2D eigenvalue weighted by Gasteiger charge is 2.08. The van der Waals surface area contributed by atoms with Crippen LogP contribution in [0.4, 0.5) is 0 Å². The van der Waals surface area contributed by atoms with Crippen molar-refractivity contribution >= 4 is 45.5 Å². The minimum Gasteiger partial charge on any atom is -0.496 e. The number of ether oxygens (including phenoxy) is 1. The highest BCUT2D eigenvalue weighted by atomic mass is 127. The Bertz CT molecular complexity index is 1210. The maximum atomic E-state index is 12.4. The molecule has 1 amide bonds. The molecular formula is C23H18IN3O2. The summed E-state index contributed by atoms with van der Waals surface area (Å²) in [5, 5.41) is 6.49. The van der Waals surface area contributed by atoms with E-state index < -0.39 is 0 Å². The molecule has 0 atom stereocenters. The zero-order valence-corrected chi connectivity index (χ0v) is 17.8. The number of aromatic nitrogens is 1. The lowest BCUT2D eigenvalue weighted by molar-refractivity contribution is 0.0954. The van der Waals surface area contributed by atoms with Crippen molar-refractivity contribution in [2.45, 2.75) is 0 Å². The Morgan fingerprint density at radius 1 is 1.03 bits per heavy atom. The van der Waals surface area contributed by atoms with Gasteiger partial charge < -0.3 is 9.30 Å². The zero-order chi connectivity index (χ0) is 20.2. The molecule has 1 N–H and O–H groups in total. The van der Waals surface area contributed by atoms with Gasteiger partial charge in [-0.25, -0.2) is 5.43 Å². The molecule has 0 saturated heterocycles. The molecule has 0 aliphatic rings. The first kappa shape index (κ1) is 19.2. The topological polar surface area (TPSA) is 55.6 Å². The Labute approximate surface area is 182 Å². The normalized spacial score (nSPS) is 11.1. The van der Waals surface area contributed by atoms with Gasteiger partial charge in [0.1, 0.15) is 5.75 Å². The van der Waals surface area contributed by atoms with E-state index in [0.29, 0.717) is 11.3 Å². The van der Waals surface area contributed by atoms with Crippen LogP contribution in [-0.2, 0) is 0 Å². The van der Waals surface area contributed by atoms with Gasteiger partial charge in [-0.1, -0.05) is 30.3 Å². The third kappa shape index (κ3) is 4.17.